The summed E-state index contributed by atoms with van der Waals surface area (Å²) in [4.78, 5) is 49.9. The molecule has 0 spiro atoms. The Hall–Kier alpha value is -3.04. The van der Waals surface area contributed by atoms with Crippen LogP contribution < -0.4 is 10.6 Å². The first kappa shape index (κ1) is 19.3. The van der Waals surface area contributed by atoms with E-state index < -0.39 is 47.5 Å². The quantitative estimate of drug-likeness (QED) is 0.711. The van der Waals surface area contributed by atoms with Crippen LogP contribution in [0.2, 0.25) is 0 Å². The highest BCUT2D eigenvalue weighted by Gasteiger charge is 2.51. The van der Waals surface area contributed by atoms with E-state index in [1.165, 1.54) is 21.0 Å². The van der Waals surface area contributed by atoms with E-state index in [2.05, 4.69) is 10.6 Å². The summed E-state index contributed by atoms with van der Waals surface area (Å²) in [5.41, 5.74) is -2.19. The van der Waals surface area contributed by atoms with Crippen LogP contribution in [0.25, 0.3) is 0 Å². The van der Waals surface area contributed by atoms with Gasteiger partial charge in [-0.2, -0.15) is 0 Å². The van der Waals surface area contributed by atoms with Gasteiger partial charge in [0.2, 0.25) is 11.8 Å². The Morgan fingerprint density at radius 1 is 1.31 bits per heavy atom. The first-order chi connectivity index (χ1) is 12.1. The van der Waals surface area contributed by atoms with Crippen molar-refractivity contribution < 1.29 is 28.0 Å². The second-order valence-corrected chi connectivity index (χ2v) is 5.99. The molecule has 1 saturated heterocycles. The Balaban J connectivity index is 2.22. The second-order valence-electron chi connectivity index (χ2n) is 5.99. The first-order valence-electron chi connectivity index (χ1n) is 7.64. The molecule has 1 aliphatic rings. The van der Waals surface area contributed by atoms with E-state index in [1.54, 1.807) is 0 Å². The first-order valence-corrected chi connectivity index (χ1v) is 7.64. The third-order valence-corrected chi connectivity index (χ3v) is 4.12. The molecule has 0 aromatic heterocycles. The van der Waals surface area contributed by atoms with Crippen LogP contribution >= 0.6 is 0 Å². The molecule has 0 bridgehead atoms. The van der Waals surface area contributed by atoms with Crippen molar-refractivity contribution in [3.05, 3.63) is 35.4 Å². The summed E-state index contributed by atoms with van der Waals surface area (Å²) >= 11 is 0. The zero-order valence-corrected chi connectivity index (χ0v) is 14.4. The molecule has 10 heteroatoms. The number of benzene rings is 1. The van der Waals surface area contributed by atoms with Crippen molar-refractivity contribution in [2.75, 3.05) is 27.2 Å². The fraction of sp³-hybridized carbons (Fsp3) is 0.375. The van der Waals surface area contributed by atoms with Crippen molar-refractivity contribution in [3.8, 4) is 0 Å². The van der Waals surface area contributed by atoms with Gasteiger partial charge in [-0.3, -0.25) is 19.3 Å². The molecule has 0 unspecified atom stereocenters. The molecule has 0 aliphatic carbocycles. The number of urea groups is 1. The zero-order chi connectivity index (χ0) is 19.6. The fourth-order valence-corrected chi connectivity index (χ4v) is 2.54. The summed E-state index contributed by atoms with van der Waals surface area (Å²) in [6, 6.07) is 1.64. The molecule has 8 nitrogen and oxygen atoms in total. The number of carbonyl (C=O) groups is 4. The van der Waals surface area contributed by atoms with Gasteiger partial charge < -0.3 is 15.5 Å². The Morgan fingerprint density at radius 2 is 1.96 bits per heavy atom. The number of nitrogens with zero attached hydrogens (tertiary/aromatic N) is 2. The average molecular weight is 368 g/mol. The standard InChI is InChI=1S/C16H18F2N4O4/c1-16(10-6-9(17)4-5-11(10)18)14(25)22(15(26)20-16)8-13(24)21(3)7-12(23)19-2/h4-6H,7-8H2,1-3H3,(H,19,23)(H,20,26)/t16-/m0/s1. The summed E-state index contributed by atoms with van der Waals surface area (Å²) < 4.78 is 27.5. The van der Waals surface area contributed by atoms with Crippen molar-refractivity contribution in [3.63, 3.8) is 0 Å². The van der Waals surface area contributed by atoms with Crippen LogP contribution in [0, 0.1) is 11.6 Å². The van der Waals surface area contributed by atoms with E-state index in [1.807, 2.05) is 0 Å². The lowest BCUT2D eigenvalue weighted by Gasteiger charge is -2.23. The molecule has 5 amide bonds. The van der Waals surface area contributed by atoms with Crippen molar-refractivity contribution >= 4 is 23.8 Å². The van der Waals surface area contributed by atoms with E-state index in [4.69, 9.17) is 0 Å². The maximum Gasteiger partial charge on any atom is 0.325 e. The number of hydrogen-bond donors (Lipinski definition) is 2. The molecule has 0 radical (unpaired) electrons. The van der Waals surface area contributed by atoms with E-state index in [0.29, 0.717) is 4.90 Å². The number of amides is 5. The fourth-order valence-electron chi connectivity index (χ4n) is 2.54. The van der Waals surface area contributed by atoms with Gasteiger partial charge in [-0.15, -0.1) is 0 Å². The van der Waals surface area contributed by atoms with Crippen LogP contribution in [0.15, 0.2) is 18.2 Å². The Kier molecular flexibility index (Phi) is 5.24. The molecule has 1 heterocycles. The molecule has 2 N–H and O–H groups in total. The second kappa shape index (κ2) is 7.06. The number of hydrogen-bond acceptors (Lipinski definition) is 4. The molecule has 1 aromatic rings. The minimum absolute atomic E-state index is 0.255. The Bertz CT molecular complexity index is 786. The molecule has 26 heavy (non-hydrogen) atoms. The van der Waals surface area contributed by atoms with Gasteiger partial charge >= 0.3 is 6.03 Å². The van der Waals surface area contributed by atoms with Gasteiger partial charge in [0.15, 0.2) is 0 Å². The summed E-state index contributed by atoms with van der Waals surface area (Å²) in [7, 11) is 2.73. The van der Waals surface area contributed by atoms with Gasteiger partial charge in [-0.1, -0.05) is 0 Å². The number of halogens is 2. The number of nitrogens with one attached hydrogen (secondary N) is 2. The minimum Gasteiger partial charge on any atom is -0.358 e. The van der Waals surface area contributed by atoms with Crippen molar-refractivity contribution in [1.82, 2.24) is 20.4 Å². The predicted octanol–water partition coefficient (Wildman–Crippen LogP) is -0.0638. The summed E-state index contributed by atoms with van der Waals surface area (Å²) in [5.74, 6) is -3.63. The molecule has 1 aromatic carbocycles. The maximum absolute atomic E-state index is 14.1. The normalized spacial score (nSPS) is 19.3. The third-order valence-electron chi connectivity index (χ3n) is 4.12. The Morgan fingerprint density at radius 3 is 2.58 bits per heavy atom. The molecule has 1 fully saturated rings. The predicted molar refractivity (Wildman–Crippen MR) is 85.7 cm³/mol. The van der Waals surface area contributed by atoms with E-state index in [-0.39, 0.29) is 12.1 Å². The van der Waals surface area contributed by atoms with E-state index in [9.17, 15) is 28.0 Å². The van der Waals surface area contributed by atoms with Gasteiger partial charge in [0, 0.05) is 19.7 Å². The summed E-state index contributed by atoms with van der Waals surface area (Å²) in [5, 5.41) is 4.63. The summed E-state index contributed by atoms with van der Waals surface area (Å²) in [6.07, 6.45) is 0. The Labute approximate surface area is 148 Å². The monoisotopic (exact) mass is 368 g/mol. The van der Waals surface area contributed by atoms with Crippen molar-refractivity contribution in [2.45, 2.75) is 12.5 Å². The van der Waals surface area contributed by atoms with E-state index in [0.717, 1.165) is 23.1 Å². The molecule has 1 aliphatic heterocycles. The highest BCUT2D eigenvalue weighted by molar-refractivity contribution is 6.09. The van der Waals surface area contributed by atoms with Crippen LogP contribution in [-0.4, -0.2) is 60.7 Å². The molecule has 0 saturated carbocycles. The summed E-state index contributed by atoms with van der Waals surface area (Å²) in [6.45, 7) is 0.337. The lowest BCUT2D eigenvalue weighted by atomic mass is 9.91. The molecular formula is C16H18F2N4O4. The van der Waals surface area contributed by atoms with Gasteiger partial charge in [0.25, 0.3) is 5.91 Å². The van der Waals surface area contributed by atoms with Gasteiger partial charge in [0.05, 0.1) is 6.54 Å². The molecular weight excluding hydrogens is 350 g/mol. The highest BCUT2D eigenvalue weighted by atomic mass is 19.1. The highest BCUT2D eigenvalue weighted by Crippen LogP contribution is 2.31. The number of rotatable bonds is 5. The van der Waals surface area contributed by atoms with Crippen LogP contribution in [0.1, 0.15) is 12.5 Å². The molecule has 1 atom stereocenters. The largest absolute Gasteiger partial charge is 0.358 e. The lowest BCUT2D eigenvalue weighted by molar-refractivity contribution is -0.139. The lowest BCUT2D eigenvalue weighted by Crippen LogP contribution is -2.45. The van der Waals surface area contributed by atoms with E-state index >= 15 is 0 Å². The number of likely N-dealkylation sites (N-methyl/N-ethyl adjacent to an activating group) is 2. The zero-order valence-electron chi connectivity index (χ0n) is 14.4. The van der Waals surface area contributed by atoms with Crippen LogP contribution in [0.3, 0.4) is 0 Å². The molecule has 2 rings (SSSR count). The average Bonchev–Trinajstić information content (AvgIpc) is 2.80. The van der Waals surface area contributed by atoms with Gasteiger partial charge in [-0.25, -0.2) is 13.6 Å². The smallest absolute Gasteiger partial charge is 0.325 e. The maximum atomic E-state index is 14.1. The van der Waals surface area contributed by atoms with Gasteiger partial charge in [0.1, 0.15) is 23.7 Å². The SMILES string of the molecule is CNC(=O)CN(C)C(=O)CN1C(=O)N[C@@](C)(c2cc(F)ccc2F)C1=O. The van der Waals surface area contributed by atoms with Crippen LogP contribution in [-0.2, 0) is 19.9 Å². The topological polar surface area (TPSA) is 98.8 Å². The third kappa shape index (κ3) is 3.48. The van der Waals surface area contributed by atoms with Crippen molar-refractivity contribution in [1.29, 1.82) is 0 Å². The molecule has 140 valence electrons. The van der Waals surface area contributed by atoms with Gasteiger partial charge in [-0.05, 0) is 25.1 Å². The number of carbonyl (C=O) groups excluding carboxylic acids is 4. The number of imide groups is 1. The van der Waals surface area contributed by atoms with Crippen LogP contribution in [0.5, 0.6) is 0 Å². The van der Waals surface area contributed by atoms with Crippen LogP contribution in [0.4, 0.5) is 13.6 Å². The van der Waals surface area contributed by atoms with Crippen molar-refractivity contribution in [2.24, 2.45) is 0 Å². The minimum atomic E-state index is -1.84.